The number of H-pyrrole nitrogens is 1. The summed E-state index contributed by atoms with van der Waals surface area (Å²) >= 11 is 1.41. The van der Waals surface area contributed by atoms with Crippen LogP contribution < -0.4 is 5.56 Å². The van der Waals surface area contributed by atoms with Gasteiger partial charge in [0.05, 0.1) is 21.7 Å². The molecule has 0 saturated carbocycles. The zero-order chi connectivity index (χ0) is 17.8. The number of aromatic carboxylic acids is 1. The molecule has 0 aliphatic heterocycles. The van der Waals surface area contributed by atoms with Crippen LogP contribution in [0.4, 0.5) is 0 Å². The first-order valence-corrected chi connectivity index (χ1v) is 8.42. The number of nitrogens with zero attached hydrogens (tertiary/aromatic N) is 4. The predicted molar refractivity (Wildman–Crippen MR) is 96.7 cm³/mol. The Hall–Kier alpha value is -3.59. The highest BCUT2D eigenvalue weighted by atomic mass is 32.1. The average Bonchev–Trinajstić information content (AvgIpc) is 3.20. The van der Waals surface area contributed by atoms with Crippen LogP contribution in [0, 0.1) is 0 Å². The predicted octanol–water partition coefficient (Wildman–Crippen LogP) is 2.55. The zero-order valence-electron chi connectivity index (χ0n) is 13.0. The number of carboxylic acid groups (broad SMARTS) is 1. The summed E-state index contributed by atoms with van der Waals surface area (Å²) in [5, 5.41) is 14.0. The molecule has 0 aromatic carbocycles. The normalized spacial score (nSPS) is 11.5. The second-order valence-electron chi connectivity index (χ2n) is 5.66. The number of hydrogen-bond donors (Lipinski definition) is 2. The smallest absolute Gasteiger partial charge is 0.337 e. The van der Waals surface area contributed by atoms with Crippen LogP contribution in [-0.4, -0.2) is 35.6 Å². The van der Waals surface area contributed by atoms with Crippen LogP contribution in [0.25, 0.3) is 37.3 Å². The number of aromatic nitrogens is 5. The number of aromatic amines is 1. The highest BCUT2D eigenvalue weighted by Gasteiger charge is 2.18. The van der Waals surface area contributed by atoms with E-state index in [0.717, 1.165) is 10.6 Å². The number of carboxylic acids is 1. The summed E-state index contributed by atoms with van der Waals surface area (Å²) in [7, 11) is 0. The molecule has 26 heavy (non-hydrogen) atoms. The zero-order valence-corrected chi connectivity index (χ0v) is 13.8. The van der Waals surface area contributed by atoms with E-state index in [1.54, 1.807) is 10.7 Å². The van der Waals surface area contributed by atoms with Crippen molar-refractivity contribution in [3.8, 4) is 10.6 Å². The number of carbonyl (C=O) groups is 1. The minimum atomic E-state index is -1.11. The first-order valence-electron chi connectivity index (χ1n) is 7.60. The van der Waals surface area contributed by atoms with Gasteiger partial charge in [-0.15, -0.1) is 11.3 Å². The van der Waals surface area contributed by atoms with Gasteiger partial charge >= 0.3 is 5.97 Å². The Morgan fingerprint density at radius 1 is 1.23 bits per heavy atom. The molecule has 5 rings (SSSR count). The van der Waals surface area contributed by atoms with Crippen molar-refractivity contribution < 1.29 is 9.90 Å². The number of nitrogens with one attached hydrogen (secondary N) is 1. The number of hydrogen-bond acceptors (Lipinski definition) is 6. The lowest BCUT2D eigenvalue weighted by Gasteiger charge is -1.99. The Kier molecular flexibility index (Phi) is 2.95. The van der Waals surface area contributed by atoms with E-state index in [1.807, 2.05) is 24.4 Å². The molecule has 0 bridgehead atoms. The van der Waals surface area contributed by atoms with Gasteiger partial charge in [-0.2, -0.15) is 5.10 Å². The second-order valence-corrected chi connectivity index (χ2v) is 6.69. The maximum atomic E-state index is 12.6. The van der Waals surface area contributed by atoms with E-state index in [2.05, 4.69) is 20.1 Å². The molecule has 8 nitrogen and oxygen atoms in total. The molecule has 0 spiro atoms. The summed E-state index contributed by atoms with van der Waals surface area (Å²) in [5.74, 6) is -1.11. The van der Waals surface area contributed by atoms with Crippen molar-refractivity contribution in [3.63, 3.8) is 0 Å². The van der Waals surface area contributed by atoms with Crippen molar-refractivity contribution in [2.75, 3.05) is 0 Å². The Morgan fingerprint density at radius 3 is 2.88 bits per heavy atom. The third kappa shape index (κ3) is 2.04. The van der Waals surface area contributed by atoms with Crippen molar-refractivity contribution >= 4 is 44.1 Å². The van der Waals surface area contributed by atoms with Crippen LogP contribution in [0.3, 0.4) is 0 Å². The van der Waals surface area contributed by atoms with E-state index in [-0.39, 0.29) is 11.1 Å². The molecule has 5 aromatic heterocycles. The summed E-state index contributed by atoms with van der Waals surface area (Å²) in [6.45, 7) is 0. The van der Waals surface area contributed by atoms with E-state index in [1.165, 1.54) is 23.6 Å². The van der Waals surface area contributed by atoms with Gasteiger partial charge in [0.1, 0.15) is 21.3 Å². The molecule has 2 N–H and O–H groups in total. The molecule has 0 amide bonds. The van der Waals surface area contributed by atoms with Gasteiger partial charge in [-0.3, -0.25) is 14.8 Å². The molecule has 0 unspecified atom stereocenters. The van der Waals surface area contributed by atoms with E-state index in [4.69, 9.17) is 5.11 Å². The molecule has 0 saturated heterocycles. The lowest BCUT2D eigenvalue weighted by molar-refractivity contribution is 0.0696. The highest BCUT2D eigenvalue weighted by Crippen LogP contribution is 2.32. The first-order chi connectivity index (χ1) is 12.6. The summed E-state index contributed by atoms with van der Waals surface area (Å²) in [5.41, 5.74) is 1.72. The summed E-state index contributed by atoms with van der Waals surface area (Å²) < 4.78 is 1.64. The van der Waals surface area contributed by atoms with Crippen LogP contribution in [0.5, 0.6) is 0 Å². The van der Waals surface area contributed by atoms with Crippen molar-refractivity contribution in [1.29, 1.82) is 0 Å². The molecule has 126 valence electrons. The molecular formula is C17H9N5O3S. The Bertz CT molecular complexity index is 1380. The molecule has 0 aliphatic carbocycles. The standard InChI is InChI=1S/C17H9N5O3S/c23-15-12-14(13-10(20-15)5-8(6-19-13)17(24)25)21-22-7-11(26-16(12)22)9-3-1-2-4-18-9/h1-7H,(H,20,23)(H,24,25). The SMILES string of the molecule is O=C(O)c1cnc2c(c1)[nH]c(=O)c1c2nn2cc(-c3ccccn3)sc12. The average molecular weight is 363 g/mol. The van der Waals surface area contributed by atoms with Gasteiger partial charge in [0, 0.05) is 18.6 Å². The van der Waals surface area contributed by atoms with Crippen molar-refractivity contribution in [1.82, 2.24) is 24.6 Å². The summed E-state index contributed by atoms with van der Waals surface area (Å²) in [4.78, 5) is 36.5. The maximum Gasteiger partial charge on any atom is 0.337 e. The molecular weight excluding hydrogens is 354 g/mol. The van der Waals surface area contributed by atoms with Gasteiger partial charge < -0.3 is 10.1 Å². The Balaban J connectivity index is 1.82. The largest absolute Gasteiger partial charge is 0.478 e. The van der Waals surface area contributed by atoms with Crippen molar-refractivity contribution in [3.05, 3.63) is 58.8 Å². The van der Waals surface area contributed by atoms with Gasteiger partial charge in [-0.25, -0.2) is 9.31 Å². The van der Waals surface area contributed by atoms with Crippen LogP contribution in [0.2, 0.25) is 0 Å². The van der Waals surface area contributed by atoms with E-state index in [0.29, 0.717) is 26.8 Å². The lowest BCUT2D eigenvalue weighted by Crippen LogP contribution is -2.07. The molecule has 0 aliphatic rings. The van der Waals surface area contributed by atoms with Gasteiger partial charge in [-0.1, -0.05) is 6.07 Å². The first kappa shape index (κ1) is 14.7. The quantitative estimate of drug-likeness (QED) is 0.498. The third-order valence-electron chi connectivity index (χ3n) is 4.06. The maximum absolute atomic E-state index is 12.6. The molecule has 0 fully saturated rings. The van der Waals surface area contributed by atoms with Gasteiger partial charge in [-0.05, 0) is 18.2 Å². The van der Waals surface area contributed by atoms with E-state index in [9.17, 15) is 9.59 Å². The van der Waals surface area contributed by atoms with Crippen LogP contribution in [-0.2, 0) is 0 Å². The van der Waals surface area contributed by atoms with Crippen molar-refractivity contribution in [2.24, 2.45) is 0 Å². The fraction of sp³-hybridized carbons (Fsp3) is 0. The van der Waals surface area contributed by atoms with Crippen LogP contribution in [0.1, 0.15) is 10.4 Å². The Labute approximate surface area is 148 Å². The minimum Gasteiger partial charge on any atom is -0.478 e. The van der Waals surface area contributed by atoms with Gasteiger partial charge in [0.25, 0.3) is 5.56 Å². The van der Waals surface area contributed by atoms with Crippen molar-refractivity contribution in [2.45, 2.75) is 0 Å². The number of thiazole rings is 1. The fourth-order valence-electron chi connectivity index (χ4n) is 2.89. The third-order valence-corrected chi connectivity index (χ3v) is 5.18. The number of rotatable bonds is 2. The highest BCUT2D eigenvalue weighted by molar-refractivity contribution is 7.21. The monoisotopic (exact) mass is 363 g/mol. The van der Waals surface area contributed by atoms with Gasteiger partial charge in [0.15, 0.2) is 0 Å². The molecule has 0 radical (unpaired) electrons. The van der Waals surface area contributed by atoms with E-state index < -0.39 is 5.97 Å². The molecule has 9 heteroatoms. The van der Waals surface area contributed by atoms with E-state index >= 15 is 0 Å². The number of pyridine rings is 3. The summed E-state index contributed by atoms with van der Waals surface area (Å²) in [6.07, 6.45) is 4.79. The van der Waals surface area contributed by atoms with Crippen LogP contribution >= 0.6 is 11.3 Å². The topological polar surface area (TPSA) is 113 Å². The van der Waals surface area contributed by atoms with Crippen LogP contribution in [0.15, 0.2) is 47.7 Å². The molecule has 5 aromatic rings. The number of fused-ring (bicyclic) bond motifs is 5. The lowest BCUT2D eigenvalue weighted by atomic mass is 10.2. The minimum absolute atomic E-state index is 0.00552. The Morgan fingerprint density at radius 2 is 2.12 bits per heavy atom. The fourth-order valence-corrected chi connectivity index (χ4v) is 3.96. The molecule has 0 atom stereocenters. The second kappa shape index (κ2) is 5.20. The summed E-state index contributed by atoms with van der Waals surface area (Å²) in [6, 6.07) is 7.01. The van der Waals surface area contributed by atoms with Gasteiger partial charge in [0.2, 0.25) is 0 Å². The molecule has 5 heterocycles.